The van der Waals surface area contributed by atoms with Crippen LogP contribution >= 0.6 is 15.9 Å². The van der Waals surface area contributed by atoms with Gasteiger partial charge in [-0.2, -0.15) is 0 Å². The van der Waals surface area contributed by atoms with Crippen LogP contribution in [0.4, 0.5) is 0 Å². The van der Waals surface area contributed by atoms with E-state index in [-0.39, 0.29) is 0 Å². The molecule has 0 amide bonds. The Labute approximate surface area is 118 Å². The molecule has 0 saturated carbocycles. The lowest BCUT2D eigenvalue weighted by atomic mass is 10.2. The maximum Gasteiger partial charge on any atom is 0.0492 e. The van der Waals surface area contributed by atoms with Gasteiger partial charge >= 0.3 is 0 Å². The van der Waals surface area contributed by atoms with Crippen molar-refractivity contribution in [3.63, 3.8) is 0 Å². The highest BCUT2D eigenvalue weighted by atomic mass is 79.9. The zero-order chi connectivity index (χ0) is 13.0. The van der Waals surface area contributed by atoms with Crippen LogP contribution in [0.3, 0.4) is 0 Å². The van der Waals surface area contributed by atoms with Gasteiger partial charge in [0, 0.05) is 35.3 Å². The number of halogens is 1. The molecule has 2 nitrogen and oxygen atoms in total. The maximum absolute atomic E-state index is 3.60. The largest absolute Gasteiger partial charge is 0.346 e. The predicted molar refractivity (Wildman–Crippen MR) is 82.0 cm³/mol. The van der Waals surface area contributed by atoms with Gasteiger partial charge in [-0.25, -0.2) is 0 Å². The van der Waals surface area contributed by atoms with Crippen molar-refractivity contribution < 1.29 is 0 Å². The van der Waals surface area contributed by atoms with Gasteiger partial charge in [0.05, 0.1) is 0 Å². The summed E-state index contributed by atoms with van der Waals surface area (Å²) in [5, 5.41) is 4.91. The van der Waals surface area contributed by atoms with Crippen LogP contribution in [0.15, 0.2) is 34.9 Å². The molecular formula is C15H21BrN2. The van der Waals surface area contributed by atoms with Crippen molar-refractivity contribution >= 4 is 26.8 Å². The van der Waals surface area contributed by atoms with E-state index in [4.69, 9.17) is 0 Å². The number of nitrogens with zero attached hydrogens (tertiary/aromatic N) is 1. The second kappa shape index (κ2) is 6.39. The smallest absolute Gasteiger partial charge is 0.0492 e. The third-order valence-corrected chi connectivity index (χ3v) is 4.00. The van der Waals surface area contributed by atoms with Crippen molar-refractivity contribution in [1.82, 2.24) is 9.88 Å². The quantitative estimate of drug-likeness (QED) is 0.847. The van der Waals surface area contributed by atoms with Crippen LogP contribution in [0.25, 0.3) is 10.9 Å². The van der Waals surface area contributed by atoms with Crippen molar-refractivity contribution in [2.45, 2.75) is 39.3 Å². The third-order valence-electron chi connectivity index (χ3n) is 3.51. The Morgan fingerprint density at radius 3 is 2.72 bits per heavy atom. The highest BCUT2D eigenvalue weighted by Crippen LogP contribution is 2.20. The number of aromatic nitrogens is 1. The van der Waals surface area contributed by atoms with Crippen molar-refractivity contribution in [3.8, 4) is 0 Å². The van der Waals surface area contributed by atoms with Gasteiger partial charge in [-0.3, -0.25) is 0 Å². The summed E-state index contributed by atoms with van der Waals surface area (Å²) in [6.07, 6.45) is 4.58. The van der Waals surface area contributed by atoms with Crippen molar-refractivity contribution in [1.29, 1.82) is 0 Å². The molecule has 0 aliphatic carbocycles. The molecule has 18 heavy (non-hydrogen) atoms. The zero-order valence-corrected chi connectivity index (χ0v) is 12.7. The summed E-state index contributed by atoms with van der Waals surface area (Å²) < 4.78 is 3.46. The van der Waals surface area contributed by atoms with Gasteiger partial charge in [-0.05, 0) is 36.4 Å². The van der Waals surface area contributed by atoms with Crippen LogP contribution in [-0.2, 0) is 6.54 Å². The Bertz CT molecular complexity index is 500. The standard InChI is InChI=1S/C15H21BrN2/c1-3-14(4-2)17-8-10-18-9-7-12-5-6-13(16)11-15(12)18/h5-7,9,11,14,17H,3-4,8,10H2,1-2H3. The van der Waals surface area contributed by atoms with E-state index < -0.39 is 0 Å². The normalized spacial score (nSPS) is 11.6. The molecule has 0 radical (unpaired) electrons. The summed E-state index contributed by atoms with van der Waals surface area (Å²) in [7, 11) is 0. The number of benzene rings is 1. The molecule has 0 spiro atoms. The summed E-state index contributed by atoms with van der Waals surface area (Å²) >= 11 is 3.54. The summed E-state index contributed by atoms with van der Waals surface area (Å²) in [5.74, 6) is 0. The zero-order valence-electron chi connectivity index (χ0n) is 11.1. The lowest BCUT2D eigenvalue weighted by molar-refractivity contribution is 0.468. The van der Waals surface area contributed by atoms with E-state index in [1.54, 1.807) is 0 Å². The lowest BCUT2D eigenvalue weighted by Crippen LogP contribution is -2.30. The summed E-state index contributed by atoms with van der Waals surface area (Å²) in [6, 6.07) is 9.27. The van der Waals surface area contributed by atoms with E-state index >= 15 is 0 Å². The third kappa shape index (κ3) is 3.15. The Hall–Kier alpha value is -0.800. The minimum absolute atomic E-state index is 0.651. The fourth-order valence-electron chi connectivity index (χ4n) is 2.32. The molecule has 2 rings (SSSR count). The van der Waals surface area contributed by atoms with Gasteiger partial charge in [0.25, 0.3) is 0 Å². The average molecular weight is 309 g/mol. The van der Waals surface area contributed by atoms with E-state index in [2.05, 4.69) is 70.1 Å². The topological polar surface area (TPSA) is 17.0 Å². The van der Waals surface area contributed by atoms with Gasteiger partial charge < -0.3 is 9.88 Å². The Morgan fingerprint density at radius 2 is 2.00 bits per heavy atom. The van der Waals surface area contributed by atoms with Crippen molar-refractivity contribution in [3.05, 3.63) is 34.9 Å². The first kappa shape index (κ1) is 13.6. The van der Waals surface area contributed by atoms with Gasteiger partial charge in [-0.15, -0.1) is 0 Å². The predicted octanol–water partition coefficient (Wildman–Crippen LogP) is 4.18. The monoisotopic (exact) mass is 308 g/mol. The molecule has 0 bridgehead atoms. The molecule has 0 aliphatic heterocycles. The number of nitrogens with one attached hydrogen (secondary N) is 1. The molecular weight excluding hydrogens is 288 g/mol. The second-order valence-electron chi connectivity index (χ2n) is 4.68. The highest BCUT2D eigenvalue weighted by molar-refractivity contribution is 9.10. The SMILES string of the molecule is CCC(CC)NCCn1ccc2ccc(Br)cc21. The van der Waals surface area contributed by atoms with Crippen LogP contribution < -0.4 is 5.32 Å². The molecule has 0 fully saturated rings. The van der Waals surface area contributed by atoms with E-state index in [1.165, 1.54) is 23.7 Å². The molecule has 98 valence electrons. The minimum atomic E-state index is 0.651. The molecule has 1 heterocycles. The van der Waals surface area contributed by atoms with Crippen LogP contribution in [0.2, 0.25) is 0 Å². The molecule has 1 aromatic carbocycles. The summed E-state index contributed by atoms with van der Waals surface area (Å²) in [6.45, 7) is 6.53. The molecule has 0 aliphatic rings. The first-order valence-electron chi connectivity index (χ1n) is 6.72. The fraction of sp³-hybridized carbons (Fsp3) is 0.467. The maximum atomic E-state index is 3.60. The van der Waals surface area contributed by atoms with E-state index in [1.807, 2.05) is 0 Å². The number of fused-ring (bicyclic) bond motifs is 1. The average Bonchev–Trinajstić information content (AvgIpc) is 2.77. The molecule has 0 saturated heterocycles. The Kier molecular flexibility index (Phi) is 4.84. The van der Waals surface area contributed by atoms with Crippen molar-refractivity contribution in [2.75, 3.05) is 6.54 Å². The minimum Gasteiger partial charge on any atom is -0.346 e. The molecule has 0 atom stereocenters. The van der Waals surface area contributed by atoms with Crippen LogP contribution in [0.1, 0.15) is 26.7 Å². The van der Waals surface area contributed by atoms with E-state index in [9.17, 15) is 0 Å². The summed E-state index contributed by atoms with van der Waals surface area (Å²) in [4.78, 5) is 0. The molecule has 3 heteroatoms. The fourth-order valence-corrected chi connectivity index (χ4v) is 2.67. The lowest BCUT2D eigenvalue weighted by Gasteiger charge is -2.15. The van der Waals surface area contributed by atoms with Crippen molar-refractivity contribution in [2.24, 2.45) is 0 Å². The number of hydrogen-bond donors (Lipinski definition) is 1. The Morgan fingerprint density at radius 1 is 1.22 bits per heavy atom. The number of rotatable bonds is 6. The molecule has 1 aromatic heterocycles. The first-order valence-corrected chi connectivity index (χ1v) is 7.51. The first-order chi connectivity index (χ1) is 8.74. The van der Waals surface area contributed by atoms with Crippen LogP contribution in [-0.4, -0.2) is 17.2 Å². The van der Waals surface area contributed by atoms with Gasteiger partial charge in [0.1, 0.15) is 0 Å². The van der Waals surface area contributed by atoms with Crippen LogP contribution in [0.5, 0.6) is 0 Å². The Balaban J connectivity index is 2.01. The van der Waals surface area contributed by atoms with Gasteiger partial charge in [0.2, 0.25) is 0 Å². The van der Waals surface area contributed by atoms with E-state index in [0.29, 0.717) is 6.04 Å². The molecule has 0 unspecified atom stereocenters. The molecule has 2 aromatic rings. The van der Waals surface area contributed by atoms with Gasteiger partial charge in [0.15, 0.2) is 0 Å². The van der Waals surface area contributed by atoms with Crippen LogP contribution in [0, 0.1) is 0 Å². The van der Waals surface area contributed by atoms with Gasteiger partial charge in [-0.1, -0.05) is 35.8 Å². The number of hydrogen-bond acceptors (Lipinski definition) is 1. The highest BCUT2D eigenvalue weighted by Gasteiger charge is 2.04. The molecule has 1 N–H and O–H groups in total. The second-order valence-corrected chi connectivity index (χ2v) is 5.60. The van der Waals surface area contributed by atoms with E-state index in [0.717, 1.165) is 17.6 Å². The summed E-state index contributed by atoms with van der Waals surface area (Å²) in [5.41, 5.74) is 1.30.